The van der Waals surface area contributed by atoms with Crippen LogP contribution < -0.4 is 0 Å². The molecule has 1 amide bonds. The molecule has 7 heteroatoms. The molecule has 0 spiro atoms. The van der Waals surface area contributed by atoms with E-state index in [1.807, 2.05) is 32.0 Å². The number of ether oxygens (including phenoxy) is 3. The lowest BCUT2D eigenvalue weighted by atomic mass is 9.93. The van der Waals surface area contributed by atoms with Gasteiger partial charge in [0.1, 0.15) is 5.54 Å². The van der Waals surface area contributed by atoms with E-state index in [1.54, 1.807) is 27.7 Å². The van der Waals surface area contributed by atoms with E-state index < -0.39 is 23.9 Å². The van der Waals surface area contributed by atoms with Gasteiger partial charge in [-0.2, -0.15) is 0 Å². The third-order valence-corrected chi connectivity index (χ3v) is 4.45. The first kappa shape index (κ1) is 20.9. The summed E-state index contributed by atoms with van der Waals surface area (Å²) in [6, 6.07) is 5.71. The van der Waals surface area contributed by atoms with Crippen LogP contribution in [0.2, 0.25) is 0 Å². The van der Waals surface area contributed by atoms with Crippen molar-refractivity contribution in [2.24, 2.45) is 0 Å². The molecule has 0 saturated heterocycles. The highest BCUT2D eigenvalue weighted by Gasteiger charge is 2.51. The van der Waals surface area contributed by atoms with Crippen LogP contribution in [0.15, 0.2) is 24.0 Å². The Balaban J connectivity index is 2.63. The number of methoxy groups -OCH3 is 1. The van der Waals surface area contributed by atoms with E-state index >= 15 is 0 Å². The number of rotatable bonds is 6. The lowest BCUT2D eigenvalue weighted by Gasteiger charge is -2.33. The Morgan fingerprint density at radius 2 is 1.81 bits per heavy atom. The van der Waals surface area contributed by atoms with Gasteiger partial charge in [0, 0.05) is 7.11 Å². The molecule has 0 aliphatic carbocycles. The van der Waals surface area contributed by atoms with Crippen molar-refractivity contribution in [3.63, 3.8) is 0 Å². The number of amides is 1. The molecule has 27 heavy (non-hydrogen) atoms. The number of aryl methyl sites for hydroxylation is 2. The maximum atomic E-state index is 13.3. The number of carbonyl (C=O) groups excluding carboxylic acids is 2. The SMILES string of the molecule is CCOC(=O)OC1=C(c2c(C)cccc2C)C(=O)N(OC(C)OC)C1(C)C. The minimum Gasteiger partial charge on any atom is -0.434 e. The molecule has 1 aromatic carbocycles. The van der Waals surface area contributed by atoms with Crippen molar-refractivity contribution in [1.29, 1.82) is 0 Å². The zero-order chi connectivity index (χ0) is 20.4. The average molecular weight is 377 g/mol. The zero-order valence-corrected chi connectivity index (χ0v) is 16.9. The number of hydrogen-bond donors (Lipinski definition) is 0. The first-order valence-corrected chi connectivity index (χ1v) is 8.85. The molecule has 1 atom stereocenters. The van der Waals surface area contributed by atoms with Crippen molar-refractivity contribution < 1.29 is 28.6 Å². The topological polar surface area (TPSA) is 74.3 Å². The Bertz CT molecular complexity index is 747. The number of nitrogens with zero attached hydrogens (tertiary/aromatic N) is 1. The summed E-state index contributed by atoms with van der Waals surface area (Å²) >= 11 is 0. The predicted molar refractivity (Wildman–Crippen MR) is 99.4 cm³/mol. The summed E-state index contributed by atoms with van der Waals surface area (Å²) in [5.74, 6) is -0.216. The van der Waals surface area contributed by atoms with Gasteiger partial charge in [0.15, 0.2) is 12.0 Å². The fourth-order valence-electron chi connectivity index (χ4n) is 3.06. The minimum absolute atomic E-state index is 0.167. The molecule has 7 nitrogen and oxygen atoms in total. The highest BCUT2D eigenvalue weighted by Crippen LogP contribution is 2.43. The van der Waals surface area contributed by atoms with E-state index in [1.165, 1.54) is 12.2 Å². The van der Waals surface area contributed by atoms with Crippen LogP contribution in [-0.2, 0) is 23.8 Å². The molecule has 0 bridgehead atoms. The smallest absolute Gasteiger partial charge is 0.434 e. The molecule has 0 aromatic heterocycles. The average Bonchev–Trinajstić information content (AvgIpc) is 2.76. The van der Waals surface area contributed by atoms with Gasteiger partial charge in [-0.1, -0.05) is 18.2 Å². The van der Waals surface area contributed by atoms with Gasteiger partial charge in [0.25, 0.3) is 5.91 Å². The molecule has 1 aromatic rings. The van der Waals surface area contributed by atoms with Crippen LogP contribution in [-0.4, -0.2) is 42.7 Å². The maximum Gasteiger partial charge on any atom is 0.513 e. The highest BCUT2D eigenvalue weighted by molar-refractivity contribution is 6.23. The van der Waals surface area contributed by atoms with Gasteiger partial charge in [0.2, 0.25) is 0 Å². The van der Waals surface area contributed by atoms with Crippen LogP contribution in [0.25, 0.3) is 5.57 Å². The second kappa shape index (κ2) is 8.10. The maximum absolute atomic E-state index is 13.3. The standard InChI is InChI=1S/C20H27NO6/c1-8-25-19(23)26-17-16(15-12(2)10-9-11-13(15)3)18(22)21(20(17,5)6)27-14(4)24-7/h9-11,14H,8H2,1-7H3. The Morgan fingerprint density at radius 3 is 2.33 bits per heavy atom. The Kier molecular flexibility index (Phi) is 6.28. The third-order valence-electron chi connectivity index (χ3n) is 4.45. The van der Waals surface area contributed by atoms with Crippen molar-refractivity contribution in [1.82, 2.24) is 5.06 Å². The summed E-state index contributed by atoms with van der Waals surface area (Å²) in [4.78, 5) is 31.0. The molecule has 1 unspecified atom stereocenters. The second-order valence-electron chi connectivity index (χ2n) is 6.82. The summed E-state index contributed by atoms with van der Waals surface area (Å²) in [7, 11) is 1.48. The Labute approximate surface area is 159 Å². The molecular weight excluding hydrogens is 350 g/mol. The minimum atomic E-state index is -1.04. The van der Waals surface area contributed by atoms with Crippen molar-refractivity contribution in [3.8, 4) is 0 Å². The monoisotopic (exact) mass is 377 g/mol. The van der Waals surface area contributed by atoms with Crippen molar-refractivity contribution in [2.45, 2.75) is 53.4 Å². The van der Waals surface area contributed by atoms with E-state index in [9.17, 15) is 9.59 Å². The zero-order valence-electron chi connectivity index (χ0n) is 16.9. The Hall–Kier alpha value is -2.38. The largest absolute Gasteiger partial charge is 0.513 e. The summed E-state index contributed by atoms with van der Waals surface area (Å²) < 4.78 is 15.5. The van der Waals surface area contributed by atoms with E-state index in [4.69, 9.17) is 19.0 Å². The van der Waals surface area contributed by atoms with Crippen LogP contribution in [0.3, 0.4) is 0 Å². The van der Waals surface area contributed by atoms with Gasteiger partial charge in [-0.15, -0.1) is 0 Å². The quantitative estimate of drug-likeness (QED) is 0.555. The van der Waals surface area contributed by atoms with Crippen molar-refractivity contribution >= 4 is 17.6 Å². The van der Waals surface area contributed by atoms with E-state index in [0.29, 0.717) is 5.56 Å². The Morgan fingerprint density at radius 1 is 1.22 bits per heavy atom. The van der Waals surface area contributed by atoms with E-state index in [-0.39, 0.29) is 17.9 Å². The summed E-state index contributed by atoms with van der Waals surface area (Å²) in [5, 5.41) is 1.19. The van der Waals surface area contributed by atoms with Crippen LogP contribution in [0, 0.1) is 13.8 Å². The van der Waals surface area contributed by atoms with Gasteiger partial charge in [0.05, 0.1) is 12.2 Å². The molecule has 0 saturated carbocycles. The predicted octanol–water partition coefficient (Wildman–Crippen LogP) is 3.73. The molecule has 2 rings (SSSR count). The molecule has 1 aliphatic rings. The number of carbonyl (C=O) groups is 2. The lowest BCUT2D eigenvalue weighted by molar-refractivity contribution is -0.276. The lowest BCUT2D eigenvalue weighted by Crippen LogP contribution is -2.46. The van der Waals surface area contributed by atoms with Gasteiger partial charge >= 0.3 is 6.16 Å². The molecule has 0 N–H and O–H groups in total. The van der Waals surface area contributed by atoms with Crippen LogP contribution in [0.5, 0.6) is 0 Å². The fraction of sp³-hybridized carbons (Fsp3) is 0.500. The molecule has 148 valence electrons. The molecule has 0 radical (unpaired) electrons. The molecule has 1 heterocycles. The van der Waals surface area contributed by atoms with E-state index in [0.717, 1.165) is 11.1 Å². The van der Waals surface area contributed by atoms with Crippen LogP contribution in [0.4, 0.5) is 4.79 Å². The van der Waals surface area contributed by atoms with Crippen molar-refractivity contribution in [3.05, 3.63) is 40.6 Å². The first-order valence-electron chi connectivity index (χ1n) is 8.85. The van der Waals surface area contributed by atoms with Crippen LogP contribution in [0.1, 0.15) is 44.4 Å². The number of hydrogen-bond acceptors (Lipinski definition) is 6. The highest BCUT2D eigenvalue weighted by atomic mass is 16.8. The van der Waals surface area contributed by atoms with E-state index in [2.05, 4.69) is 0 Å². The summed E-state index contributed by atoms with van der Waals surface area (Å²) in [6.07, 6.45) is -1.52. The molecule has 1 aliphatic heterocycles. The van der Waals surface area contributed by atoms with Gasteiger partial charge < -0.3 is 14.2 Å². The third kappa shape index (κ3) is 3.99. The van der Waals surface area contributed by atoms with Gasteiger partial charge in [-0.25, -0.2) is 14.7 Å². The normalized spacial score (nSPS) is 17.3. The summed E-state index contributed by atoms with van der Waals surface area (Å²) in [6.45, 7) is 10.8. The number of hydroxylamine groups is 2. The second-order valence-corrected chi connectivity index (χ2v) is 6.82. The summed E-state index contributed by atoms with van der Waals surface area (Å²) in [5.41, 5.74) is 1.74. The fourth-order valence-corrected chi connectivity index (χ4v) is 3.06. The van der Waals surface area contributed by atoms with Crippen molar-refractivity contribution in [2.75, 3.05) is 13.7 Å². The molecular formula is C20H27NO6. The van der Waals surface area contributed by atoms with Crippen LogP contribution >= 0.6 is 0 Å². The molecule has 0 fully saturated rings. The number of benzene rings is 1. The van der Waals surface area contributed by atoms with Gasteiger partial charge in [-0.05, 0) is 58.2 Å². The first-order chi connectivity index (χ1) is 12.6. The van der Waals surface area contributed by atoms with Gasteiger partial charge in [-0.3, -0.25) is 4.79 Å².